The molecule has 4 rings (SSSR count). The normalized spacial score (nSPS) is 15.1. The lowest BCUT2D eigenvalue weighted by molar-refractivity contribution is 0.0161. The number of amides is 1. The fraction of sp³-hybridized carbons (Fsp3) is 0.444. The third-order valence-corrected chi connectivity index (χ3v) is 6.36. The molecule has 36 heavy (non-hydrogen) atoms. The molecule has 9 heteroatoms. The van der Waals surface area contributed by atoms with Gasteiger partial charge >= 0.3 is 0 Å². The molecule has 1 unspecified atom stereocenters. The van der Waals surface area contributed by atoms with Gasteiger partial charge in [-0.1, -0.05) is 38.1 Å². The van der Waals surface area contributed by atoms with E-state index >= 15 is 0 Å². The van der Waals surface area contributed by atoms with Gasteiger partial charge in [-0.3, -0.25) is 14.5 Å². The van der Waals surface area contributed by atoms with Crippen molar-refractivity contribution in [2.24, 2.45) is 5.92 Å². The van der Waals surface area contributed by atoms with Crippen molar-refractivity contribution >= 4 is 16.7 Å². The summed E-state index contributed by atoms with van der Waals surface area (Å²) in [7, 11) is 3.21. The molecular formula is C27H34N4O5. The summed E-state index contributed by atoms with van der Waals surface area (Å²) < 4.78 is 17.9. The topological polar surface area (TPSA) is 94.9 Å². The zero-order valence-electron chi connectivity index (χ0n) is 21.3. The lowest BCUT2D eigenvalue weighted by Crippen LogP contribution is -2.44. The van der Waals surface area contributed by atoms with Crippen LogP contribution in [0.2, 0.25) is 0 Å². The summed E-state index contributed by atoms with van der Waals surface area (Å²) >= 11 is 0. The highest BCUT2D eigenvalue weighted by Crippen LogP contribution is 2.32. The smallest absolute Gasteiger partial charge is 0.274 e. The Morgan fingerprint density at radius 2 is 1.75 bits per heavy atom. The van der Waals surface area contributed by atoms with Crippen LogP contribution in [0.25, 0.3) is 10.8 Å². The van der Waals surface area contributed by atoms with Crippen LogP contribution in [0, 0.1) is 5.92 Å². The Morgan fingerprint density at radius 1 is 1.06 bits per heavy atom. The fourth-order valence-electron chi connectivity index (χ4n) is 4.55. The second-order valence-corrected chi connectivity index (χ2v) is 9.26. The molecule has 1 saturated heterocycles. The van der Waals surface area contributed by atoms with Crippen molar-refractivity contribution in [1.29, 1.82) is 0 Å². The maximum Gasteiger partial charge on any atom is 0.274 e. The predicted octanol–water partition coefficient (Wildman–Crippen LogP) is 2.87. The van der Waals surface area contributed by atoms with Crippen LogP contribution in [-0.4, -0.2) is 67.7 Å². The molecular weight excluding hydrogens is 460 g/mol. The molecule has 1 aromatic heterocycles. The highest BCUT2D eigenvalue weighted by atomic mass is 16.5. The zero-order valence-corrected chi connectivity index (χ0v) is 21.3. The van der Waals surface area contributed by atoms with Gasteiger partial charge in [-0.15, -0.1) is 0 Å². The van der Waals surface area contributed by atoms with Gasteiger partial charge in [0.2, 0.25) is 0 Å². The van der Waals surface area contributed by atoms with Crippen LogP contribution in [0.1, 0.15) is 35.9 Å². The maximum atomic E-state index is 13.5. The van der Waals surface area contributed by atoms with Crippen molar-refractivity contribution in [3.63, 3.8) is 0 Å². The Bertz CT molecular complexity index is 1270. The van der Waals surface area contributed by atoms with Gasteiger partial charge in [0.05, 0.1) is 38.9 Å². The molecule has 0 radical (unpaired) electrons. The molecule has 1 atom stereocenters. The van der Waals surface area contributed by atoms with Crippen LogP contribution in [0.5, 0.6) is 11.5 Å². The van der Waals surface area contributed by atoms with Crippen LogP contribution in [-0.2, 0) is 11.3 Å². The van der Waals surface area contributed by atoms with Crippen molar-refractivity contribution in [2.75, 3.05) is 47.1 Å². The van der Waals surface area contributed by atoms with Gasteiger partial charge in [0.1, 0.15) is 0 Å². The molecule has 2 heterocycles. The standard InChI is InChI=1S/C27H34N4O5/c1-18(2)17-31-27(33)21-8-6-5-7-20(21)25(29-31)26(32)28-16-22(30-11-13-36-14-12-30)19-9-10-23(34-3)24(15-19)35-4/h5-10,15,18,22H,11-14,16-17H2,1-4H3,(H,28,32). The summed E-state index contributed by atoms with van der Waals surface area (Å²) in [5.74, 6) is 1.17. The number of morpholine rings is 1. The third-order valence-electron chi connectivity index (χ3n) is 6.36. The van der Waals surface area contributed by atoms with E-state index < -0.39 is 0 Å². The van der Waals surface area contributed by atoms with Gasteiger partial charge in [0, 0.05) is 31.6 Å². The predicted molar refractivity (Wildman–Crippen MR) is 138 cm³/mol. The molecule has 1 aliphatic rings. The molecule has 9 nitrogen and oxygen atoms in total. The van der Waals surface area contributed by atoms with Gasteiger partial charge < -0.3 is 19.5 Å². The lowest BCUT2D eigenvalue weighted by Gasteiger charge is -2.35. The third kappa shape index (κ3) is 5.52. The van der Waals surface area contributed by atoms with E-state index in [1.54, 1.807) is 32.4 Å². The Labute approximate surface area is 210 Å². The number of nitrogens with one attached hydrogen (secondary N) is 1. The molecule has 1 N–H and O–H groups in total. The summed E-state index contributed by atoms with van der Waals surface area (Å²) in [5.41, 5.74) is 1.06. The minimum atomic E-state index is -0.317. The van der Waals surface area contributed by atoms with Crippen LogP contribution >= 0.6 is 0 Å². The van der Waals surface area contributed by atoms with Gasteiger partial charge in [-0.2, -0.15) is 5.10 Å². The van der Waals surface area contributed by atoms with E-state index in [2.05, 4.69) is 15.3 Å². The van der Waals surface area contributed by atoms with E-state index in [1.807, 2.05) is 38.1 Å². The quantitative estimate of drug-likeness (QED) is 0.489. The maximum absolute atomic E-state index is 13.5. The van der Waals surface area contributed by atoms with Crippen molar-refractivity contribution in [1.82, 2.24) is 20.0 Å². The zero-order chi connectivity index (χ0) is 25.7. The second kappa shape index (κ2) is 11.5. The first-order valence-electron chi connectivity index (χ1n) is 12.2. The Balaban J connectivity index is 1.65. The van der Waals surface area contributed by atoms with Crippen LogP contribution in [0.3, 0.4) is 0 Å². The largest absolute Gasteiger partial charge is 0.493 e. The fourth-order valence-corrected chi connectivity index (χ4v) is 4.55. The van der Waals surface area contributed by atoms with E-state index in [0.29, 0.717) is 48.6 Å². The van der Waals surface area contributed by atoms with Crippen molar-refractivity contribution in [2.45, 2.75) is 26.4 Å². The van der Waals surface area contributed by atoms with Crippen LogP contribution in [0.15, 0.2) is 47.3 Å². The molecule has 1 fully saturated rings. The van der Waals surface area contributed by atoms with Gasteiger partial charge in [0.15, 0.2) is 17.2 Å². The summed E-state index contributed by atoms with van der Waals surface area (Å²) in [5, 5.41) is 8.60. The number of ether oxygens (including phenoxy) is 3. The summed E-state index contributed by atoms with van der Waals surface area (Å²) in [6, 6.07) is 12.8. The molecule has 3 aromatic rings. The number of benzene rings is 2. The Hall–Kier alpha value is -3.43. The van der Waals surface area contributed by atoms with E-state index in [9.17, 15) is 9.59 Å². The number of hydrogen-bond acceptors (Lipinski definition) is 7. The van der Waals surface area contributed by atoms with E-state index in [0.717, 1.165) is 18.7 Å². The first-order valence-corrected chi connectivity index (χ1v) is 12.2. The average Bonchev–Trinajstić information content (AvgIpc) is 2.90. The monoisotopic (exact) mass is 494 g/mol. The van der Waals surface area contributed by atoms with Gasteiger partial charge in [0.25, 0.3) is 11.5 Å². The second-order valence-electron chi connectivity index (χ2n) is 9.26. The minimum absolute atomic E-state index is 0.106. The summed E-state index contributed by atoms with van der Waals surface area (Å²) in [6.45, 7) is 7.57. The molecule has 2 aromatic carbocycles. The van der Waals surface area contributed by atoms with E-state index in [1.165, 1.54) is 4.68 Å². The van der Waals surface area contributed by atoms with Crippen molar-refractivity contribution < 1.29 is 19.0 Å². The molecule has 0 spiro atoms. The lowest BCUT2D eigenvalue weighted by atomic mass is 10.0. The van der Waals surface area contributed by atoms with Crippen LogP contribution < -0.4 is 20.3 Å². The number of rotatable bonds is 9. The molecule has 1 amide bonds. The van der Waals surface area contributed by atoms with Crippen molar-refractivity contribution in [3.05, 3.63) is 64.1 Å². The first-order chi connectivity index (χ1) is 17.4. The van der Waals surface area contributed by atoms with E-state index in [-0.39, 0.29) is 29.1 Å². The number of nitrogens with zero attached hydrogens (tertiary/aromatic N) is 3. The molecule has 0 saturated carbocycles. The number of carbonyl (C=O) groups excluding carboxylic acids is 1. The molecule has 0 aliphatic carbocycles. The minimum Gasteiger partial charge on any atom is -0.493 e. The molecule has 1 aliphatic heterocycles. The average molecular weight is 495 g/mol. The SMILES string of the molecule is COc1ccc(C(CNC(=O)c2nn(CC(C)C)c(=O)c3ccccc23)N2CCOCC2)cc1OC. The van der Waals surface area contributed by atoms with E-state index in [4.69, 9.17) is 14.2 Å². The number of fused-ring (bicyclic) bond motifs is 1. The van der Waals surface area contributed by atoms with Crippen molar-refractivity contribution in [3.8, 4) is 11.5 Å². The number of hydrogen-bond donors (Lipinski definition) is 1. The summed E-state index contributed by atoms with van der Waals surface area (Å²) in [4.78, 5) is 28.7. The molecule has 192 valence electrons. The number of methoxy groups -OCH3 is 2. The highest BCUT2D eigenvalue weighted by Gasteiger charge is 2.26. The van der Waals surface area contributed by atoms with Crippen LogP contribution in [0.4, 0.5) is 0 Å². The van der Waals surface area contributed by atoms with Gasteiger partial charge in [-0.25, -0.2) is 4.68 Å². The Kier molecular flexibility index (Phi) is 8.22. The number of carbonyl (C=O) groups is 1. The number of aromatic nitrogens is 2. The first kappa shape index (κ1) is 25.7. The Morgan fingerprint density at radius 3 is 2.42 bits per heavy atom. The van der Waals surface area contributed by atoms with Gasteiger partial charge in [-0.05, 0) is 29.7 Å². The highest BCUT2D eigenvalue weighted by molar-refractivity contribution is 6.04. The molecule has 0 bridgehead atoms. The summed E-state index contributed by atoms with van der Waals surface area (Å²) in [6.07, 6.45) is 0.